The van der Waals surface area contributed by atoms with Gasteiger partial charge in [-0.15, -0.1) is 0 Å². The van der Waals surface area contributed by atoms with Crippen molar-refractivity contribution in [1.29, 1.82) is 0 Å². The minimum atomic E-state index is -1.30. The molecule has 0 atom stereocenters. The van der Waals surface area contributed by atoms with Crippen molar-refractivity contribution in [3.63, 3.8) is 0 Å². The van der Waals surface area contributed by atoms with E-state index in [0.717, 1.165) is 16.8 Å². The summed E-state index contributed by atoms with van der Waals surface area (Å²) in [6, 6.07) is 9.55. The lowest BCUT2D eigenvalue weighted by molar-refractivity contribution is 0.0583. The number of rotatable bonds is 2. The maximum Gasteiger partial charge on any atom is 0.414 e. The highest BCUT2D eigenvalue weighted by molar-refractivity contribution is 5.92. The van der Waals surface area contributed by atoms with Crippen LogP contribution < -0.4 is 4.90 Å². The molecule has 0 aliphatic carbocycles. The van der Waals surface area contributed by atoms with Crippen LogP contribution in [0.25, 0.3) is 11.1 Å². The number of aromatic carboxylic acids is 1. The van der Waals surface area contributed by atoms with E-state index in [4.69, 9.17) is 9.84 Å². The largest absolute Gasteiger partial charge is 0.478 e. The van der Waals surface area contributed by atoms with Crippen LogP contribution in [-0.2, 0) is 11.2 Å². The van der Waals surface area contributed by atoms with E-state index >= 15 is 0 Å². The van der Waals surface area contributed by atoms with Gasteiger partial charge in [0.25, 0.3) is 0 Å². The van der Waals surface area contributed by atoms with Gasteiger partial charge < -0.3 is 9.84 Å². The summed E-state index contributed by atoms with van der Waals surface area (Å²) in [5, 5.41) is 8.93. The first-order chi connectivity index (χ1) is 12.2. The number of carboxylic acids is 1. The number of carbonyl (C=O) groups excluding carboxylic acids is 1. The fraction of sp³-hybridized carbons (Fsp3) is 0.300. The van der Waals surface area contributed by atoms with E-state index in [2.05, 4.69) is 0 Å². The lowest BCUT2D eigenvalue weighted by Crippen LogP contribution is -2.35. The van der Waals surface area contributed by atoms with Crippen molar-refractivity contribution in [2.45, 2.75) is 32.8 Å². The fourth-order valence-electron chi connectivity index (χ4n) is 2.96. The summed E-state index contributed by atoms with van der Waals surface area (Å²) in [6.45, 7) is 5.99. The van der Waals surface area contributed by atoms with Crippen molar-refractivity contribution >= 4 is 17.7 Å². The minimum absolute atomic E-state index is 0.356. The Morgan fingerprint density at radius 3 is 2.38 bits per heavy atom. The molecule has 2 aromatic rings. The third-order valence-electron chi connectivity index (χ3n) is 4.12. The van der Waals surface area contributed by atoms with Crippen LogP contribution in [0.2, 0.25) is 0 Å². The van der Waals surface area contributed by atoms with Gasteiger partial charge >= 0.3 is 12.1 Å². The normalized spacial score (nSPS) is 13.5. The van der Waals surface area contributed by atoms with Crippen molar-refractivity contribution in [2.24, 2.45) is 0 Å². The van der Waals surface area contributed by atoms with Gasteiger partial charge in [0, 0.05) is 6.54 Å². The van der Waals surface area contributed by atoms with Gasteiger partial charge in [-0.25, -0.2) is 14.0 Å². The van der Waals surface area contributed by atoms with Gasteiger partial charge in [-0.1, -0.05) is 12.1 Å². The molecule has 0 fully saturated rings. The summed E-state index contributed by atoms with van der Waals surface area (Å²) < 4.78 is 19.4. The van der Waals surface area contributed by atoms with Crippen LogP contribution >= 0.6 is 0 Å². The zero-order valence-electron chi connectivity index (χ0n) is 14.9. The molecule has 0 unspecified atom stereocenters. The van der Waals surface area contributed by atoms with E-state index < -0.39 is 17.4 Å². The van der Waals surface area contributed by atoms with E-state index in [1.165, 1.54) is 12.1 Å². The van der Waals surface area contributed by atoms with E-state index in [1.807, 2.05) is 32.9 Å². The molecule has 0 aromatic heterocycles. The van der Waals surface area contributed by atoms with E-state index in [-0.39, 0.29) is 11.7 Å². The Kier molecular flexibility index (Phi) is 4.44. The highest BCUT2D eigenvalue weighted by Crippen LogP contribution is 2.33. The van der Waals surface area contributed by atoms with Crippen LogP contribution in [0.4, 0.5) is 14.9 Å². The number of benzene rings is 2. The second-order valence-corrected chi connectivity index (χ2v) is 7.23. The van der Waals surface area contributed by atoms with Gasteiger partial charge in [-0.3, -0.25) is 4.90 Å². The van der Waals surface area contributed by atoms with Crippen molar-refractivity contribution in [3.05, 3.63) is 53.3 Å². The Hall–Kier alpha value is -2.89. The van der Waals surface area contributed by atoms with Crippen molar-refractivity contribution < 1.29 is 23.8 Å². The Balaban J connectivity index is 1.88. The summed E-state index contributed by atoms with van der Waals surface area (Å²) >= 11 is 0. The molecule has 1 amide bonds. The third kappa shape index (κ3) is 3.54. The highest BCUT2D eigenvalue weighted by Gasteiger charge is 2.29. The average molecular weight is 357 g/mol. The summed E-state index contributed by atoms with van der Waals surface area (Å²) in [6.07, 6.45) is 0.291. The lowest BCUT2D eigenvalue weighted by Gasteiger charge is -2.24. The number of nitrogens with zero attached hydrogens (tertiary/aromatic N) is 1. The molecule has 3 rings (SSSR count). The summed E-state index contributed by atoms with van der Waals surface area (Å²) in [4.78, 5) is 24.9. The molecule has 0 radical (unpaired) electrons. The van der Waals surface area contributed by atoms with Gasteiger partial charge in [-0.2, -0.15) is 0 Å². The number of amides is 1. The number of hydrogen-bond acceptors (Lipinski definition) is 3. The molecule has 0 spiro atoms. The Bertz CT molecular complexity index is 886. The van der Waals surface area contributed by atoms with Crippen LogP contribution in [0.1, 0.15) is 36.7 Å². The number of fused-ring (bicyclic) bond motifs is 1. The van der Waals surface area contributed by atoms with Crippen molar-refractivity contribution in [3.8, 4) is 11.1 Å². The van der Waals surface area contributed by atoms with Gasteiger partial charge in [0.1, 0.15) is 11.4 Å². The zero-order chi connectivity index (χ0) is 19.1. The first-order valence-corrected chi connectivity index (χ1v) is 8.32. The van der Waals surface area contributed by atoms with Gasteiger partial charge in [-0.05, 0) is 68.1 Å². The Morgan fingerprint density at radius 1 is 1.12 bits per heavy atom. The molecule has 0 bridgehead atoms. The predicted octanol–water partition coefficient (Wildman–Crippen LogP) is 4.49. The zero-order valence-corrected chi connectivity index (χ0v) is 14.9. The number of anilines is 1. The molecule has 26 heavy (non-hydrogen) atoms. The second-order valence-electron chi connectivity index (χ2n) is 7.23. The van der Waals surface area contributed by atoms with Crippen LogP contribution in [0, 0.1) is 5.82 Å². The molecule has 1 aliphatic rings. The number of hydrogen-bond donors (Lipinski definition) is 1. The lowest BCUT2D eigenvalue weighted by atomic mass is 10.0. The summed E-state index contributed by atoms with van der Waals surface area (Å²) in [7, 11) is 0. The molecular weight excluding hydrogens is 337 g/mol. The molecule has 1 heterocycles. The maximum atomic E-state index is 13.9. The molecule has 136 valence electrons. The molecule has 2 aromatic carbocycles. The molecule has 0 saturated heterocycles. The maximum absolute atomic E-state index is 13.9. The van der Waals surface area contributed by atoms with E-state index in [9.17, 15) is 14.0 Å². The minimum Gasteiger partial charge on any atom is -0.478 e. The molecule has 5 nitrogen and oxygen atoms in total. The topological polar surface area (TPSA) is 66.8 Å². The van der Waals surface area contributed by atoms with E-state index in [0.29, 0.717) is 18.5 Å². The standard InChI is InChI=1S/C20H20FNO4/c1-20(2,3)26-19(25)22-9-8-14-10-12(5-7-17(14)22)13-4-6-15(18(23)24)16(21)11-13/h4-7,10-11H,8-9H2,1-3H3,(H,23,24). The monoisotopic (exact) mass is 357 g/mol. The highest BCUT2D eigenvalue weighted by atomic mass is 19.1. The Morgan fingerprint density at radius 2 is 1.77 bits per heavy atom. The van der Waals surface area contributed by atoms with E-state index in [1.54, 1.807) is 17.0 Å². The number of carbonyl (C=O) groups is 2. The third-order valence-corrected chi connectivity index (χ3v) is 4.12. The molecule has 1 N–H and O–H groups in total. The van der Waals surface area contributed by atoms with Gasteiger partial charge in [0.2, 0.25) is 0 Å². The predicted molar refractivity (Wildman–Crippen MR) is 96.1 cm³/mol. The van der Waals surface area contributed by atoms with Gasteiger partial charge in [0.15, 0.2) is 0 Å². The molecule has 0 saturated carbocycles. The average Bonchev–Trinajstić information content (AvgIpc) is 2.95. The van der Waals surface area contributed by atoms with Crippen molar-refractivity contribution in [1.82, 2.24) is 0 Å². The van der Waals surface area contributed by atoms with Crippen LogP contribution in [0.3, 0.4) is 0 Å². The Labute approximate surface area is 151 Å². The SMILES string of the molecule is CC(C)(C)OC(=O)N1CCc2cc(-c3ccc(C(=O)O)c(F)c3)ccc21. The first kappa shape index (κ1) is 17.9. The molecular formula is C20H20FNO4. The van der Waals surface area contributed by atoms with Gasteiger partial charge in [0.05, 0.1) is 11.3 Å². The number of carboxylic acid groups (broad SMARTS) is 1. The summed E-state index contributed by atoms with van der Waals surface area (Å²) in [5.74, 6) is -2.07. The van der Waals surface area contributed by atoms with Crippen LogP contribution in [0.5, 0.6) is 0 Å². The quantitative estimate of drug-likeness (QED) is 0.860. The fourth-order valence-corrected chi connectivity index (χ4v) is 2.96. The number of halogens is 1. The summed E-state index contributed by atoms with van der Waals surface area (Å²) in [5.41, 5.74) is 2.19. The smallest absolute Gasteiger partial charge is 0.414 e. The first-order valence-electron chi connectivity index (χ1n) is 8.32. The van der Waals surface area contributed by atoms with Crippen LogP contribution in [-0.4, -0.2) is 29.3 Å². The number of ether oxygens (including phenoxy) is 1. The van der Waals surface area contributed by atoms with Crippen LogP contribution in [0.15, 0.2) is 36.4 Å². The second kappa shape index (κ2) is 6.44. The molecule has 1 aliphatic heterocycles. The van der Waals surface area contributed by atoms with Crippen molar-refractivity contribution in [2.75, 3.05) is 11.4 Å². The molecule has 6 heteroatoms.